The number of amides is 1. The van der Waals surface area contributed by atoms with E-state index < -0.39 is 0 Å². The molecule has 3 rings (SSSR count). The van der Waals surface area contributed by atoms with Gasteiger partial charge in [-0.2, -0.15) is 0 Å². The Balaban J connectivity index is 1.71. The lowest BCUT2D eigenvalue weighted by molar-refractivity contribution is 0.0909. The maximum Gasteiger partial charge on any atom is 0.287 e. The molecule has 2 heterocycles. The Hall–Kier alpha value is -2.27. The first-order valence-corrected chi connectivity index (χ1v) is 8.40. The average Bonchev–Trinajstić information content (AvgIpc) is 3.27. The molecule has 1 unspecified atom stereocenters. The highest BCUT2D eigenvalue weighted by Gasteiger charge is 2.24. The molecule has 1 aliphatic heterocycles. The lowest BCUT2D eigenvalue weighted by Gasteiger charge is -2.28. The van der Waals surface area contributed by atoms with Gasteiger partial charge < -0.3 is 14.5 Å². The highest BCUT2D eigenvalue weighted by atomic mass is 16.5. The summed E-state index contributed by atoms with van der Waals surface area (Å²) in [7, 11) is 1.67. The van der Waals surface area contributed by atoms with Crippen LogP contribution < -0.4 is 10.1 Å². The SMILES string of the molecule is COc1ccc(C(CNC(=O)c2ccc(C)o2)N2CCCC2)cc1. The molecule has 0 radical (unpaired) electrons. The van der Waals surface area contributed by atoms with E-state index in [1.54, 1.807) is 19.2 Å². The van der Waals surface area contributed by atoms with Crippen LogP contribution in [0.1, 0.15) is 40.8 Å². The smallest absolute Gasteiger partial charge is 0.287 e. The van der Waals surface area contributed by atoms with Crippen molar-refractivity contribution < 1.29 is 13.9 Å². The molecule has 1 amide bonds. The molecule has 1 saturated heterocycles. The summed E-state index contributed by atoms with van der Waals surface area (Å²) in [6, 6.07) is 11.8. The minimum absolute atomic E-state index is 0.165. The maximum absolute atomic E-state index is 12.3. The summed E-state index contributed by atoms with van der Waals surface area (Å²) < 4.78 is 10.6. The number of carbonyl (C=O) groups is 1. The monoisotopic (exact) mass is 328 g/mol. The number of rotatable bonds is 6. The number of hydrogen-bond acceptors (Lipinski definition) is 4. The molecule has 2 aromatic rings. The van der Waals surface area contributed by atoms with Crippen molar-refractivity contribution in [3.8, 4) is 5.75 Å². The number of furan rings is 1. The van der Waals surface area contributed by atoms with E-state index in [1.807, 2.05) is 19.1 Å². The van der Waals surface area contributed by atoms with E-state index >= 15 is 0 Å². The van der Waals surface area contributed by atoms with Crippen LogP contribution in [0.25, 0.3) is 0 Å². The molecule has 1 N–H and O–H groups in total. The van der Waals surface area contributed by atoms with Gasteiger partial charge in [0, 0.05) is 6.54 Å². The van der Waals surface area contributed by atoms with Gasteiger partial charge in [-0.3, -0.25) is 9.69 Å². The number of ether oxygens (including phenoxy) is 1. The van der Waals surface area contributed by atoms with E-state index in [4.69, 9.17) is 9.15 Å². The topological polar surface area (TPSA) is 54.7 Å². The zero-order valence-electron chi connectivity index (χ0n) is 14.2. The van der Waals surface area contributed by atoms with E-state index in [9.17, 15) is 4.79 Å². The van der Waals surface area contributed by atoms with Crippen molar-refractivity contribution in [3.05, 3.63) is 53.5 Å². The molecule has 1 aromatic carbocycles. The van der Waals surface area contributed by atoms with Gasteiger partial charge in [0.25, 0.3) is 5.91 Å². The molecule has 128 valence electrons. The second-order valence-electron chi connectivity index (χ2n) is 6.15. The highest BCUT2D eigenvalue weighted by molar-refractivity contribution is 5.91. The Morgan fingerprint density at radius 3 is 2.50 bits per heavy atom. The summed E-state index contributed by atoms with van der Waals surface area (Å²) in [5.74, 6) is 1.78. The van der Waals surface area contributed by atoms with Crippen LogP contribution in [0, 0.1) is 6.92 Å². The maximum atomic E-state index is 12.3. The van der Waals surface area contributed by atoms with Crippen molar-refractivity contribution in [2.75, 3.05) is 26.7 Å². The van der Waals surface area contributed by atoms with Gasteiger partial charge in [0.05, 0.1) is 13.2 Å². The first-order chi connectivity index (χ1) is 11.7. The molecular weight excluding hydrogens is 304 g/mol. The van der Waals surface area contributed by atoms with Gasteiger partial charge in [0.15, 0.2) is 5.76 Å². The molecule has 5 nitrogen and oxygen atoms in total. The minimum atomic E-state index is -0.166. The van der Waals surface area contributed by atoms with Crippen LogP contribution in [0.2, 0.25) is 0 Å². The lowest BCUT2D eigenvalue weighted by Crippen LogP contribution is -2.36. The van der Waals surface area contributed by atoms with Crippen molar-refractivity contribution in [1.29, 1.82) is 0 Å². The Morgan fingerprint density at radius 2 is 1.92 bits per heavy atom. The van der Waals surface area contributed by atoms with E-state index in [0.717, 1.165) is 24.6 Å². The standard InChI is InChI=1S/C19H24N2O3/c1-14-5-10-18(24-14)19(22)20-13-17(21-11-3-4-12-21)15-6-8-16(23-2)9-7-15/h5-10,17H,3-4,11-13H2,1-2H3,(H,20,22). The van der Waals surface area contributed by atoms with E-state index in [2.05, 4.69) is 22.3 Å². The van der Waals surface area contributed by atoms with E-state index in [-0.39, 0.29) is 11.9 Å². The number of aryl methyl sites for hydroxylation is 1. The number of carbonyl (C=O) groups excluding carboxylic acids is 1. The van der Waals surface area contributed by atoms with Gasteiger partial charge in [-0.1, -0.05) is 12.1 Å². The number of benzene rings is 1. The lowest BCUT2D eigenvalue weighted by atomic mass is 10.1. The summed E-state index contributed by atoms with van der Waals surface area (Å²) in [6.45, 7) is 4.52. The van der Waals surface area contributed by atoms with Crippen LogP contribution in [0.15, 0.2) is 40.8 Å². The third-order valence-corrected chi connectivity index (χ3v) is 4.50. The van der Waals surface area contributed by atoms with Crippen molar-refractivity contribution in [2.45, 2.75) is 25.8 Å². The summed E-state index contributed by atoms with van der Waals surface area (Å²) in [5, 5.41) is 3.01. The molecular formula is C19H24N2O3. The second-order valence-corrected chi connectivity index (χ2v) is 6.15. The number of methoxy groups -OCH3 is 1. The highest BCUT2D eigenvalue weighted by Crippen LogP contribution is 2.26. The molecule has 24 heavy (non-hydrogen) atoms. The van der Waals surface area contributed by atoms with Crippen LogP contribution in [0.4, 0.5) is 0 Å². The second kappa shape index (κ2) is 7.53. The first kappa shape index (κ1) is 16.6. The van der Waals surface area contributed by atoms with Crippen molar-refractivity contribution in [3.63, 3.8) is 0 Å². The summed E-state index contributed by atoms with van der Waals surface area (Å²) >= 11 is 0. The zero-order valence-corrected chi connectivity index (χ0v) is 14.2. The molecule has 0 aliphatic carbocycles. The molecule has 0 bridgehead atoms. The minimum Gasteiger partial charge on any atom is -0.497 e. The van der Waals surface area contributed by atoms with Crippen LogP contribution in [0.3, 0.4) is 0 Å². The average molecular weight is 328 g/mol. The normalized spacial score (nSPS) is 16.1. The molecule has 0 spiro atoms. The molecule has 1 aliphatic rings. The Bertz CT molecular complexity index is 672. The largest absolute Gasteiger partial charge is 0.497 e. The molecule has 1 fully saturated rings. The third kappa shape index (κ3) is 3.79. The fraction of sp³-hybridized carbons (Fsp3) is 0.421. The Labute approximate surface area is 142 Å². The van der Waals surface area contributed by atoms with Crippen molar-refractivity contribution in [2.24, 2.45) is 0 Å². The third-order valence-electron chi connectivity index (χ3n) is 4.50. The Morgan fingerprint density at radius 1 is 1.21 bits per heavy atom. The molecule has 0 saturated carbocycles. The van der Waals surface area contributed by atoms with E-state index in [1.165, 1.54) is 18.4 Å². The van der Waals surface area contributed by atoms with Gasteiger partial charge in [-0.25, -0.2) is 0 Å². The molecule has 1 aromatic heterocycles. The molecule has 5 heteroatoms. The predicted octanol–water partition coefficient (Wildman–Crippen LogP) is 3.16. The van der Waals surface area contributed by atoms with E-state index in [0.29, 0.717) is 12.3 Å². The fourth-order valence-corrected chi connectivity index (χ4v) is 3.17. The number of nitrogens with zero attached hydrogens (tertiary/aromatic N) is 1. The fourth-order valence-electron chi connectivity index (χ4n) is 3.17. The Kier molecular flexibility index (Phi) is 5.20. The molecule has 1 atom stereocenters. The summed E-state index contributed by atoms with van der Waals surface area (Å²) in [4.78, 5) is 14.7. The van der Waals surface area contributed by atoms with Gasteiger partial charge in [0.1, 0.15) is 11.5 Å². The summed E-state index contributed by atoms with van der Waals surface area (Å²) in [5.41, 5.74) is 1.19. The van der Waals surface area contributed by atoms with Crippen LogP contribution in [-0.4, -0.2) is 37.6 Å². The van der Waals surface area contributed by atoms with Gasteiger partial charge >= 0.3 is 0 Å². The van der Waals surface area contributed by atoms with Gasteiger partial charge in [-0.05, 0) is 62.7 Å². The van der Waals surface area contributed by atoms with Crippen LogP contribution in [-0.2, 0) is 0 Å². The van der Waals surface area contributed by atoms with Gasteiger partial charge in [0.2, 0.25) is 0 Å². The van der Waals surface area contributed by atoms with Gasteiger partial charge in [-0.15, -0.1) is 0 Å². The first-order valence-electron chi connectivity index (χ1n) is 8.40. The van der Waals surface area contributed by atoms with Crippen molar-refractivity contribution in [1.82, 2.24) is 10.2 Å². The predicted molar refractivity (Wildman–Crippen MR) is 92.3 cm³/mol. The zero-order chi connectivity index (χ0) is 16.9. The number of likely N-dealkylation sites (tertiary alicyclic amines) is 1. The van der Waals surface area contributed by atoms with Crippen LogP contribution >= 0.6 is 0 Å². The summed E-state index contributed by atoms with van der Waals surface area (Å²) in [6.07, 6.45) is 2.41. The van der Waals surface area contributed by atoms with Crippen molar-refractivity contribution >= 4 is 5.91 Å². The number of hydrogen-bond donors (Lipinski definition) is 1. The van der Waals surface area contributed by atoms with Crippen LogP contribution in [0.5, 0.6) is 5.75 Å². The quantitative estimate of drug-likeness (QED) is 0.885. The number of nitrogens with one attached hydrogen (secondary N) is 1.